The molecule has 2 aromatic carbocycles. The predicted octanol–water partition coefficient (Wildman–Crippen LogP) is 1.46. The Morgan fingerprint density at radius 2 is 1.85 bits per heavy atom. The van der Waals surface area contributed by atoms with Crippen molar-refractivity contribution in [2.75, 3.05) is 11.9 Å². The van der Waals surface area contributed by atoms with Gasteiger partial charge in [0.25, 0.3) is 5.91 Å². The highest BCUT2D eigenvalue weighted by molar-refractivity contribution is 7.89. The Kier molecular flexibility index (Phi) is 5.33. The molecule has 0 saturated carbocycles. The van der Waals surface area contributed by atoms with Gasteiger partial charge >= 0.3 is 0 Å². The Labute approximate surface area is 149 Å². The zero-order valence-corrected chi connectivity index (χ0v) is 14.4. The maximum absolute atomic E-state index is 13.6. The molecule has 1 fully saturated rings. The van der Waals surface area contributed by atoms with Crippen LogP contribution in [0.1, 0.15) is 16.8 Å². The number of benzene rings is 2. The fourth-order valence-corrected chi connectivity index (χ4v) is 3.78. The van der Waals surface area contributed by atoms with E-state index in [9.17, 15) is 22.7 Å². The first kappa shape index (κ1) is 18.5. The first-order valence-corrected chi connectivity index (χ1v) is 9.33. The Morgan fingerprint density at radius 3 is 2.46 bits per heavy atom. The van der Waals surface area contributed by atoms with Crippen LogP contribution in [0.5, 0.6) is 0 Å². The van der Waals surface area contributed by atoms with Gasteiger partial charge in [-0.15, -0.1) is 0 Å². The molecule has 0 radical (unpaired) electrons. The zero-order valence-electron chi connectivity index (χ0n) is 13.6. The maximum atomic E-state index is 13.6. The summed E-state index contributed by atoms with van der Waals surface area (Å²) in [6.07, 6.45) is -0.805. The molecule has 0 spiro atoms. The molecule has 0 aliphatic carbocycles. The highest BCUT2D eigenvalue weighted by Crippen LogP contribution is 2.18. The van der Waals surface area contributed by atoms with Gasteiger partial charge in [-0.1, -0.05) is 12.1 Å². The number of nitrogens with one attached hydrogen (secondary N) is 2. The molecule has 138 valence electrons. The summed E-state index contributed by atoms with van der Waals surface area (Å²) in [6, 6.07) is 10.2. The van der Waals surface area contributed by atoms with Crippen LogP contribution in [0.3, 0.4) is 0 Å². The van der Waals surface area contributed by atoms with Crippen LogP contribution >= 0.6 is 0 Å². The lowest BCUT2D eigenvalue weighted by molar-refractivity contribution is -0.0686. The van der Waals surface area contributed by atoms with Crippen molar-refractivity contribution in [2.45, 2.75) is 23.6 Å². The SMILES string of the molecule is O=C(Nc1ccc(S(=O)(=O)N[C@H]2CCO[C@@H]2O)cc1)c1ccccc1F. The normalized spacial score (nSPS) is 20.1. The average Bonchev–Trinajstić information content (AvgIpc) is 3.00. The van der Waals surface area contributed by atoms with Crippen LogP contribution < -0.4 is 10.0 Å². The molecule has 1 aliphatic rings. The summed E-state index contributed by atoms with van der Waals surface area (Å²) < 4.78 is 45.5. The summed E-state index contributed by atoms with van der Waals surface area (Å²) >= 11 is 0. The molecule has 0 bridgehead atoms. The minimum absolute atomic E-state index is 0.0273. The van der Waals surface area contributed by atoms with Gasteiger partial charge < -0.3 is 15.2 Å². The van der Waals surface area contributed by atoms with Gasteiger partial charge in [0, 0.05) is 5.69 Å². The van der Waals surface area contributed by atoms with E-state index < -0.39 is 34.1 Å². The van der Waals surface area contributed by atoms with E-state index in [1.165, 1.54) is 42.5 Å². The smallest absolute Gasteiger partial charge is 0.258 e. The third-order valence-corrected chi connectivity index (χ3v) is 5.41. The summed E-state index contributed by atoms with van der Waals surface area (Å²) in [5, 5.41) is 12.0. The maximum Gasteiger partial charge on any atom is 0.258 e. The molecule has 2 atom stereocenters. The Morgan fingerprint density at radius 1 is 1.15 bits per heavy atom. The number of aliphatic hydroxyl groups is 1. The van der Waals surface area contributed by atoms with Crippen molar-refractivity contribution in [2.24, 2.45) is 0 Å². The van der Waals surface area contributed by atoms with E-state index >= 15 is 0 Å². The van der Waals surface area contributed by atoms with E-state index in [0.717, 1.165) is 0 Å². The van der Waals surface area contributed by atoms with Gasteiger partial charge in [-0.25, -0.2) is 17.5 Å². The summed E-state index contributed by atoms with van der Waals surface area (Å²) in [4.78, 5) is 12.0. The van der Waals surface area contributed by atoms with Gasteiger partial charge in [-0.05, 0) is 42.8 Å². The van der Waals surface area contributed by atoms with Gasteiger partial charge in [0.15, 0.2) is 6.29 Å². The van der Waals surface area contributed by atoms with Crippen molar-refractivity contribution in [3.63, 3.8) is 0 Å². The third kappa shape index (κ3) is 4.07. The van der Waals surface area contributed by atoms with E-state index in [4.69, 9.17) is 4.74 Å². The van der Waals surface area contributed by atoms with Crippen LogP contribution in [-0.2, 0) is 14.8 Å². The van der Waals surface area contributed by atoms with E-state index in [2.05, 4.69) is 10.0 Å². The molecule has 26 heavy (non-hydrogen) atoms. The molecular formula is C17H17FN2O5S. The lowest BCUT2D eigenvalue weighted by Gasteiger charge is -2.15. The monoisotopic (exact) mass is 380 g/mol. The zero-order chi connectivity index (χ0) is 18.7. The third-order valence-electron chi connectivity index (χ3n) is 3.91. The topological polar surface area (TPSA) is 105 Å². The second-order valence-electron chi connectivity index (χ2n) is 5.74. The van der Waals surface area contributed by atoms with Crippen LogP contribution in [0.2, 0.25) is 0 Å². The fraction of sp³-hybridized carbons (Fsp3) is 0.235. The van der Waals surface area contributed by atoms with Gasteiger partial charge in [0.1, 0.15) is 5.82 Å². The minimum Gasteiger partial charge on any atom is -0.367 e. The fourth-order valence-electron chi connectivity index (χ4n) is 2.52. The van der Waals surface area contributed by atoms with Crippen molar-refractivity contribution in [3.05, 3.63) is 59.9 Å². The van der Waals surface area contributed by atoms with Gasteiger partial charge in [0.05, 0.1) is 23.1 Å². The molecule has 1 aliphatic heterocycles. The summed E-state index contributed by atoms with van der Waals surface area (Å²) in [7, 11) is -3.84. The second kappa shape index (κ2) is 7.50. The number of anilines is 1. The van der Waals surface area contributed by atoms with Crippen molar-refractivity contribution in [3.8, 4) is 0 Å². The summed E-state index contributed by atoms with van der Waals surface area (Å²) in [6.45, 7) is 0.273. The number of amides is 1. The highest BCUT2D eigenvalue weighted by Gasteiger charge is 2.30. The molecular weight excluding hydrogens is 363 g/mol. The first-order valence-electron chi connectivity index (χ1n) is 7.85. The minimum atomic E-state index is -3.84. The van der Waals surface area contributed by atoms with Crippen molar-refractivity contribution in [1.82, 2.24) is 4.72 Å². The molecule has 0 unspecified atom stereocenters. The number of sulfonamides is 1. The number of aliphatic hydroxyl groups excluding tert-OH is 1. The van der Waals surface area contributed by atoms with E-state index in [1.54, 1.807) is 6.07 Å². The number of hydrogen-bond acceptors (Lipinski definition) is 5. The number of halogens is 1. The first-order chi connectivity index (χ1) is 12.4. The van der Waals surface area contributed by atoms with Crippen molar-refractivity contribution in [1.29, 1.82) is 0 Å². The molecule has 2 aromatic rings. The number of hydrogen-bond donors (Lipinski definition) is 3. The number of rotatable bonds is 5. The molecule has 1 amide bonds. The van der Waals surface area contributed by atoms with Crippen LogP contribution in [0, 0.1) is 5.82 Å². The Bertz CT molecular complexity index is 902. The second-order valence-corrected chi connectivity index (χ2v) is 7.45. The Hall–Kier alpha value is -2.33. The van der Waals surface area contributed by atoms with Gasteiger partial charge in [0.2, 0.25) is 10.0 Å². The number of ether oxygens (including phenoxy) is 1. The standard InChI is InChI=1S/C17H17FN2O5S/c18-14-4-2-1-3-13(14)16(21)19-11-5-7-12(8-6-11)26(23,24)20-15-9-10-25-17(15)22/h1-8,15,17,20,22H,9-10H2,(H,19,21)/t15-,17-/m0/s1. The summed E-state index contributed by atoms with van der Waals surface area (Å²) in [5.74, 6) is -1.28. The van der Waals surface area contributed by atoms with E-state index in [-0.39, 0.29) is 17.1 Å². The molecule has 1 heterocycles. The van der Waals surface area contributed by atoms with Crippen LogP contribution in [0.15, 0.2) is 53.4 Å². The Balaban J connectivity index is 1.70. The quantitative estimate of drug-likeness (QED) is 0.729. The molecule has 7 nitrogen and oxygen atoms in total. The van der Waals surface area contributed by atoms with E-state index in [0.29, 0.717) is 12.1 Å². The van der Waals surface area contributed by atoms with Crippen molar-refractivity contribution < 1.29 is 27.4 Å². The molecule has 3 N–H and O–H groups in total. The summed E-state index contributed by atoms with van der Waals surface area (Å²) in [5.41, 5.74) is 0.211. The average molecular weight is 380 g/mol. The highest BCUT2D eigenvalue weighted by atomic mass is 32.2. The molecule has 9 heteroatoms. The van der Waals surface area contributed by atoms with Crippen molar-refractivity contribution >= 4 is 21.6 Å². The lowest BCUT2D eigenvalue weighted by atomic mass is 10.2. The number of carbonyl (C=O) groups is 1. The van der Waals surface area contributed by atoms with Gasteiger partial charge in [-0.2, -0.15) is 0 Å². The largest absolute Gasteiger partial charge is 0.367 e. The van der Waals surface area contributed by atoms with Crippen LogP contribution in [0.4, 0.5) is 10.1 Å². The van der Waals surface area contributed by atoms with E-state index in [1.807, 2.05) is 0 Å². The van der Waals surface area contributed by atoms with Crippen LogP contribution in [-0.4, -0.2) is 38.4 Å². The molecule has 1 saturated heterocycles. The lowest BCUT2D eigenvalue weighted by Crippen LogP contribution is -2.40. The van der Waals surface area contributed by atoms with Crippen LogP contribution in [0.25, 0.3) is 0 Å². The predicted molar refractivity (Wildman–Crippen MR) is 91.5 cm³/mol. The molecule has 0 aromatic heterocycles. The number of carbonyl (C=O) groups excluding carboxylic acids is 1. The van der Waals surface area contributed by atoms with Gasteiger partial charge in [-0.3, -0.25) is 4.79 Å². The molecule has 3 rings (SSSR count).